The minimum atomic E-state index is -0.248. The molecule has 0 aromatic heterocycles. The first-order valence-electron chi connectivity index (χ1n) is 10.4. The highest BCUT2D eigenvalue weighted by molar-refractivity contribution is 5.84. The summed E-state index contributed by atoms with van der Waals surface area (Å²) in [6, 6.07) is 7.86. The van der Waals surface area contributed by atoms with Gasteiger partial charge in [0.2, 0.25) is 5.91 Å². The van der Waals surface area contributed by atoms with E-state index in [9.17, 15) is 4.79 Å². The number of likely N-dealkylation sites (N-methyl/N-ethyl adjacent to an activating group) is 1. The number of nitrogens with zero attached hydrogens (tertiary/aromatic N) is 2. The van der Waals surface area contributed by atoms with Crippen molar-refractivity contribution in [3.8, 4) is 5.75 Å². The first-order chi connectivity index (χ1) is 13.2. The zero-order chi connectivity index (χ0) is 19.6. The molecule has 5 heteroatoms. The summed E-state index contributed by atoms with van der Waals surface area (Å²) in [7, 11) is 1.66. The third-order valence-corrected chi connectivity index (χ3v) is 5.46. The molecule has 152 valence electrons. The Morgan fingerprint density at radius 3 is 2.52 bits per heavy atom. The van der Waals surface area contributed by atoms with E-state index in [2.05, 4.69) is 30.6 Å². The van der Waals surface area contributed by atoms with E-state index in [0.717, 1.165) is 63.2 Å². The SMILES string of the molecule is CCCCOC[C@@H]1CCCN1C(=O)[C@H](c1ccc(OC)cc1)N(CC)CC. The lowest BCUT2D eigenvalue weighted by Gasteiger charge is -2.34. The fourth-order valence-corrected chi connectivity index (χ4v) is 3.81. The number of ether oxygens (including phenoxy) is 2. The molecule has 1 amide bonds. The van der Waals surface area contributed by atoms with Crippen molar-refractivity contribution in [2.45, 2.75) is 58.5 Å². The Balaban J connectivity index is 2.16. The topological polar surface area (TPSA) is 42.0 Å². The Kier molecular flexibility index (Phi) is 9.08. The van der Waals surface area contributed by atoms with E-state index < -0.39 is 0 Å². The summed E-state index contributed by atoms with van der Waals surface area (Å²) in [6.45, 7) is 10.3. The molecule has 1 saturated heterocycles. The van der Waals surface area contributed by atoms with Gasteiger partial charge in [0.05, 0.1) is 19.8 Å². The number of carbonyl (C=O) groups excluding carboxylic acids is 1. The Labute approximate surface area is 164 Å². The molecular formula is C22H36N2O3. The monoisotopic (exact) mass is 376 g/mol. The predicted molar refractivity (Wildman–Crippen MR) is 109 cm³/mol. The summed E-state index contributed by atoms with van der Waals surface area (Å²) in [5.41, 5.74) is 1.03. The van der Waals surface area contributed by atoms with Crippen molar-refractivity contribution in [2.24, 2.45) is 0 Å². The number of methoxy groups -OCH3 is 1. The first-order valence-corrected chi connectivity index (χ1v) is 10.4. The van der Waals surface area contributed by atoms with Gasteiger partial charge in [0, 0.05) is 13.2 Å². The number of unbranched alkanes of at least 4 members (excludes halogenated alkanes) is 1. The molecule has 27 heavy (non-hydrogen) atoms. The van der Waals surface area contributed by atoms with E-state index in [1.54, 1.807) is 7.11 Å². The van der Waals surface area contributed by atoms with Crippen molar-refractivity contribution >= 4 is 5.91 Å². The largest absolute Gasteiger partial charge is 0.497 e. The van der Waals surface area contributed by atoms with Crippen LogP contribution in [0, 0.1) is 0 Å². The average molecular weight is 377 g/mol. The third kappa shape index (κ3) is 5.69. The molecule has 0 N–H and O–H groups in total. The van der Waals surface area contributed by atoms with E-state index in [1.165, 1.54) is 0 Å². The van der Waals surface area contributed by atoms with Crippen LogP contribution in [-0.2, 0) is 9.53 Å². The summed E-state index contributed by atoms with van der Waals surface area (Å²) >= 11 is 0. The summed E-state index contributed by atoms with van der Waals surface area (Å²) in [5.74, 6) is 1.01. The first kappa shape index (κ1) is 21.7. The molecule has 1 heterocycles. The van der Waals surface area contributed by atoms with Crippen LogP contribution in [0.4, 0.5) is 0 Å². The van der Waals surface area contributed by atoms with Crippen LogP contribution in [-0.4, -0.2) is 61.7 Å². The lowest BCUT2D eigenvalue weighted by Crippen LogP contribution is -2.46. The van der Waals surface area contributed by atoms with Crippen molar-refractivity contribution in [3.05, 3.63) is 29.8 Å². The maximum atomic E-state index is 13.6. The van der Waals surface area contributed by atoms with Crippen molar-refractivity contribution in [1.29, 1.82) is 0 Å². The van der Waals surface area contributed by atoms with Gasteiger partial charge >= 0.3 is 0 Å². The number of rotatable bonds is 11. The van der Waals surface area contributed by atoms with Crippen LogP contribution in [0.15, 0.2) is 24.3 Å². The van der Waals surface area contributed by atoms with Crippen LogP contribution < -0.4 is 4.74 Å². The van der Waals surface area contributed by atoms with Crippen LogP contribution >= 0.6 is 0 Å². The summed E-state index contributed by atoms with van der Waals surface area (Å²) < 4.78 is 11.1. The average Bonchev–Trinajstić information content (AvgIpc) is 3.17. The van der Waals surface area contributed by atoms with Crippen LogP contribution in [0.25, 0.3) is 0 Å². The molecule has 0 spiro atoms. The minimum Gasteiger partial charge on any atom is -0.497 e. The minimum absolute atomic E-state index is 0.199. The fourth-order valence-electron chi connectivity index (χ4n) is 3.81. The van der Waals surface area contributed by atoms with E-state index in [1.807, 2.05) is 24.3 Å². The molecule has 2 atom stereocenters. The molecule has 1 fully saturated rings. The predicted octanol–water partition coefficient (Wildman–Crippen LogP) is 3.89. The lowest BCUT2D eigenvalue weighted by molar-refractivity contribution is -0.139. The molecule has 0 radical (unpaired) electrons. The van der Waals surface area contributed by atoms with E-state index in [0.29, 0.717) is 6.61 Å². The Bertz CT molecular complexity index is 557. The Hall–Kier alpha value is -1.59. The maximum Gasteiger partial charge on any atom is 0.244 e. The second-order valence-electron chi connectivity index (χ2n) is 7.15. The van der Waals surface area contributed by atoms with E-state index >= 15 is 0 Å². The van der Waals surface area contributed by atoms with Gasteiger partial charge in [-0.2, -0.15) is 0 Å². The highest BCUT2D eigenvalue weighted by Crippen LogP contribution is 2.29. The molecule has 1 aromatic carbocycles. The van der Waals surface area contributed by atoms with Crippen LogP contribution in [0.5, 0.6) is 5.75 Å². The zero-order valence-corrected chi connectivity index (χ0v) is 17.4. The number of hydrogen-bond donors (Lipinski definition) is 0. The van der Waals surface area contributed by atoms with Crippen molar-refractivity contribution in [1.82, 2.24) is 9.80 Å². The van der Waals surface area contributed by atoms with Gasteiger partial charge in [-0.1, -0.05) is 39.3 Å². The van der Waals surface area contributed by atoms with Crippen LogP contribution in [0.2, 0.25) is 0 Å². The van der Waals surface area contributed by atoms with Gasteiger partial charge in [-0.3, -0.25) is 9.69 Å². The van der Waals surface area contributed by atoms with Crippen molar-refractivity contribution < 1.29 is 14.3 Å². The van der Waals surface area contributed by atoms with Gasteiger partial charge in [0.15, 0.2) is 0 Å². The second kappa shape index (κ2) is 11.3. The molecule has 0 bridgehead atoms. The molecule has 0 saturated carbocycles. The molecule has 1 aliphatic heterocycles. The smallest absolute Gasteiger partial charge is 0.244 e. The van der Waals surface area contributed by atoms with Crippen molar-refractivity contribution in [2.75, 3.05) is 40.0 Å². The van der Waals surface area contributed by atoms with Gasteiger partial charge in [-0.05, 0) is 50.0 Å². The van der Waals surface area contributed by atoms with Gasteiger partial charge in [0.1, 0.15) is 11.8 Å². The number of carbonyl (C=O) groups is 1. The molecule has 2 rings (SSSR count). The van der Waals surface area contributed by atoms with E-state index in [-0.39, 0.29) is 18.0 Å². The lowest BCUT2D eigenvalue weighted by atomic mass is 10.0. The molecular weight excluding hydrogens is 340 g/mol. The molecule has 0 aliphatic carbocycles. The van der Waals surface area contributed by atoms with Crippen LogP contribution in [0.3, 0.4) is 0 Å². The highest BCUT2D eigenvalue weighted by Gasteiger charge is 2.36. The summed E-state index contributed by atoms with van der Waals surface area (Å²) in [4.78, 5) is 17.8. The third-order valence-electron chi connectivity index (χ3n) is 5.46. The molecule has 1 aromatic rings. The fraction of sp³-hybridized carbons (Fsp3) is 0.682. The molecule has 1 aliphatic rings. The van der Waals surface area contributed by atoms with Gasteiger partial charge in [-0.25, -0.2) is 0 Å². The standard InChI is InChI=1S/C22H36N2O3/c1-5-8-16-27-17-19-10-9-15-24(19)22(25)21(23(6-2)7-3)18-11-13-20(26-4)14-12-18/h11-14,19,21H,5-10,15-17H2,1-4H3/t19-,21-/m0/s1. The normalized spacial score (nSPS) is 18.1. The number of amides is 1. The number of benzene rings is 1. The zero-order valence-electron chi connectivity index (χ0n) is 17.4. The summed E-state index contributed by atoms with van der Waals surface area (Å²) in [5, 5.41) is 0. The van der Waals surface area contributed by atoms with Gasteiger partial charge in [-0.15, -0.1) is 0 Å². The van der Waals surface area contributed by atoms with Crippen LogP contribution in [0.1, 0.15) is 58.1 Å². The quantitative estimate of drug-likeness (QED) is 0.550. The molecule has 5 nitrogen and oxygen atoms in total. The van der Waals surface area contributed by atoms with Gasteiger partial charge in [0.25, 0.3) is 0 Å². The number of hydrogen-bond acceptors (Lipinski definition) is 4. The Morgan fingerprint density at radius 1 is 1.22 bits per heavy atom. The maximum absolute atomic E-state index is 13.6. The summed E-state index contributed by atoms with van der Waals surface area (Å²) in [6.07, 6.45) is 4.30. The van der Waals surface area contributed by atoms with Crippen molar-refractivity contribution in [3.63, 3.8) is 0 Å². The second-order valence-corrected chi connectivity index (χ2v) is 7.15. The number of likely N-dealkylation sites (tertiary alicyclic amines) is 1. The highest BCUT2D eigenvalue weighted by atomic mass is 16.5. The van der Waals surface area contributed by atoms with E-state index in [4.69, 9.17) is 9.47 Å². The molecule has 0 unspecified atom stereocenters. The van der Waals surface area contributed by atoms with Gasteiger partial charge < -0.3 is 14.4 Å². The Morgan fingerprint density at radius 2 is 1.93 bits per heavy atom.